The summed E-state index contributed by atoms with van der Waals surface area (Å²) in [5, 5.41) is 4.25. The molecule has 0 N–H and O–H groups in total. The van der Waals surface area contributed by atoms with Gasteiger partial charge < -0.3 is 4.55 Å². The second-order valence-electron chi connectivity index (χ2n) is 3.88. The van der Waals surface area contributed by atoms with E-state index in [1.807, 2.05) is 30.3 Å². The molecule has 1 aromatic carbocycles. The van der Waals surface area contributed by atoms with Crippen LogP contribution >= 0.6 is 0 Å². The van der Waals surface area contributed by atoms with Crippen LogP contribution in [0.2, 0.25) is 0 Å². The molecular formula is C12H13N2NaO2S. The fraction of sp³-hybridized carbons (Fsp3) is 0.250. The fourth-order valence-electron chi connectivity index (χ4n) is 1.83. The predicted octanol–water partition coefficient (Wildman–Crippen LogP) is -1.21. The van der Waals surface area contributed by atoms with Crippen molar-refractivity contribution >= 4 is 11.1 Å². The number of hydrogen-bond acceptors (Lipinski definition) is 3. The van der Waals surface area contributed by atoms with E-state index in [4.69, 9.17) is 0 Å². The minimum Gasteiger partial charge on any atom is -0.768 e. The van der Waals surface area contributed by atoms with E-state index in [2.05, 4.69) is 5.10 Å². The molecule has 2 rings (SSSR count). The Morgan fingerprint density at radius 3 is 2.39 bits per heavy atom. The summed E-state index contributed by atoms with van der Waals surface area (Å²) in [6, 6.07) is 9.83. The smallest absolute Gasteiger partial charge is 0.768 e. The Hall–Kier alpha value is -0.460. The van der Waals surface area contributed by atoms with Gasteiger partial charge in [0, 0.05) is 0 Å². The van der Waals surface area contributed by atoms with Gasteiger partial charge in [-0.1, -0.05) is 30.3 Å². The normalized spacial score (nSPS) is 11.9. The van der Waals surface area contributed by atoms with Crippen LogP contribution in [-0.4, -0.2) is 18.5 Å². The van der Waals surface area contributed by atoms with Crippen molar-refractivity contribution in [2.75, 3.05) is 0 Å². The molecular weight excluding hydrogens is 259 g/mol. The molecule has 18 heavy (non-hydrogen) atoms. The monoisotopic (exact) mass is 272 g/mol. The van der Waals surface area contributed by atoms with Gasteiger partial charge in [0.2, 0.25) is 0 Å². The van der Waals surface area contributed by atoms with Gasteiger partial charge in [0.1, 0.15) is 0 Å². The number of aromatic nitrogens is 2. The molecule has 0 bridgehead atoms. The zero-order valence-electron chi connectivity index (χ0n) is 10.7. The summed E-state index contributed by atoms with van der Waals surface area (Å²) in [6.07, 6.45) is 0. The maximum absolute atomic E-state index is 11.1. The zero-order valence-corrected chi connectivity index (χ0v) is 13.5. The maximum atomic E-state index is 11.1. The summed E-state index contributed by atoms with van der Waals surface area (Å²) < 4.78 is 23.8. The van der Waals surface area contributed by atoms with Gasteiger partial charge in [0.05, 0.1) is 22.8 Å². The molecule has 0 saturated carbocycles. The molecule has 1 heterocycles. The quantitative estimate of drug-likeness (QED) is 0.520. The molecule has 6 heteroatoms. The molecule has 2 aromatic rings. The average molecular weight is 272 g/mol. The van der Waals surface area contributed by atoms with Crippen LogP contribution in [0.15, 0.2) is 35.2 Å². The topological polar surface area (TPSA) is 58.0 Å². The van der Waals surface area contributed by atoms with Gasteiger partial charge in [-0.2, -0.15) is 5.10 Å². The van der Waals surface area contributed by atoms with E-state index in [-0.39, 0.29) is 29.6 Å². The number of rotatable bonds is 3. The molecule has 90 valence electrons. The van der Waals surface area contributed by atoms with Gasteiger partial charge in [-0.15, -0.1) is 0 Å². The van der Waals surface area contributed by atoms with E-state index >= 15 is 0 Å². The van der Waals surface area contributed by atoms with Crippen LogP contribution < -0.4 is 29.6 Å². The summed E-state index contributed by atoms with van der Waals surface area (Å²) >= 11 is -2.22. The van der Waals surface area contributed by atoms with Crippen molar-refractivity contribution in [1.29, 1.82) is 0 Å². The molecule has 0 aliphatic heterocycles. The Morgan fingerprint density at radius 1 is 1.28 bits per heavy atom. The first kappa shape index (κ1) is 15.6. The van der Waals surface area contributed by atoms with E-state index in [1.54, 1.807) is 18.5 Å². The molecule has 1 aromatic heterocycles. The molecule has 1 atom stereocenters. The van der Waals surface area contributed by atoms with E-state index in [9.17, 15) is 8.76 Å². The van der Waals surface area contributed by atoms with Gasteiger partial charge in [-0.25, -0.2) is 0 Å². The van der Waals surface area contributed by atoms with Crippen LogP contribution in [0.25, 0.3) is 0 Å². The number of nitrogens with zero attached hydrogens (tertiary/aromatic N) is 2. The first-order chi connectivity index (χ1) is 8.09. The van der Waals surface area contributed by atoms with Crippen LogP contribution in [0.1, 0.15) is 17.0 Å². The van der Waals surface area contributed by atoms with Crippen LogP contribution in [0.4, 0.5) is 0 Å². The minimum atomic E-state index is -2.22. The molecule has 0 radical (unpaired) electrons. The van der Waals surface area contributed by atoms with Crippen LogP contribution in [0.3, 0.4) is 0 Å². The molecule has 0 aliphatic carbocycles. The van der Waals surface area contributed by atoms with Gasteiger partial charge in [0.15, 0.2) is 0 Å². The Kier molecular flexibility index (Phi) is 5.75. The Bertz CT molecular complexity index is 555. The largest absolute Gasteiger partial charge is 1.00 e. The first-order valence-corrected chi connectivity index (χ1v) is 6.34. The summed E-state index contributed by atoms with van der Waals surface area (Å²) in [6.45, 7) is 4.07. The van der Waals surface area contributed by atoms with Crippen molar-refractivity contribution in [2.45, 2.75) is 25.3 Å². The van der Waals surface area contributed by atoms with Gasteiger partial charge in [-0.05, 0) is 30.5 Å². The molecule has 0 spiro atoms. The van der Waals surface area contributed by atoms with E-state index in [0.717, 1.165) is 5.56 Å². The average Bonchev–Trinajstić information content (AvgIpc) is 2.55. The molecule has 0 saturated heterocycles. The summed E-state index contributed by atoms with van der Waals surface area (Å²) in [5.74, 6) is 0. The van der Waals surface area contributed by atoms with E-state index < -0.39 is 11.1 Å². The summed E-state index contributed by atoms with van der Waals surface area (Å²) in [7, 11) is 0. The van der Waals surface area contributed by atoms with E-state index in [1.165, 1.54) is 0 Å². The molecule has 0 amide bonds. The van der Waals surface area contributed by atoms with Crippen molar-refractivity contribution in [3.8, 4) is 0 Å². The van der Waals surface area contributed by atoms with Crippen molar-refractivity contribution in [2.24, 2.45) is 0 Å². The number of aryl methyl sites for hydroxylation is 1. The van der Waals surface area contributed by atoms with Crippen molar-refractivity contribution in [3.63, 3.8) is 0 Å². The molecule has 0 fully saturated rings. The SMILES string of the molecule is Cc1nn(Cc2ccccc2)c(C)c1S(=O)[O-].[Na+]. The summed E-state index contributed by atoms with van der Waals surface area (Å²) in [4.78, 5) is 0.306. The van der Waals surface area contributed by atoms with Gasteiger partial charge in [-0.3, -0.25) is 8.89 Å². The summed E-state index contributed by atoms with van der Waals surface area (Å²) in [5.41, 5.74) is 2.33. The standard InChI is InChI=1S/C12H14N2O2S.Na/c1-9-12(17(15)16)10(2)14(13-9)8-11-6-4-3-5-7-11;/h3-7H,8H2,1-2H3,(H,15,16);/q;+1/p-1. The van der Waals surface area contributed by atoms with Gasteiger partial charge in [0.25, 0.3) is 0 Å². The van der Waals surface area contributed by atoms with Crippen molar-refractivity contribution in [3.05, 3.63) is 47.3 Å². The third kappa shape index (κ3) is 3.30. The van der Waals surface area contributed by atoms with E-state index in [0.29, 0.717) is 22.8 Å². The fourth-order valence-corrected chi connectivity index (χ4v) is 2.46. The van der Waals surface area contributed by atoms with Crippen molar-refractivity contribution < 1.29 is 38.3 Å². The number of hydrogen-bond donors (Lipinski definition) is 0. The minimum absolute atomic E-state index is 0. The van der Waals surface area contributed by atoms with Crippen LogP contribution in [0, 0.1) is 13.8 Å². The first-order valence-electron chi connectivity index (χ1n) is 5.27. The van der Waals surface area contributed by atoms with Crippen molar-refractivity contribution in [1.82, 2.24) is 9.78 Å². The van der Waals surface area contributed by atoms with Gasteiger partial charge >= 0.3 is 29.6 Å². The van der Waals surface area contributed by atoms with Crippen LogP contribution in [0.5, 0.6) is 0 Å². The molecule has 0 aliphatic rings. The predicted molar refractivity (Wildman–Crippen MR) is 64.4 cm³/mol. The maximum Gasteiger partial charge on any atom is 1.00 e. The third-order valence-electron chi connectivity index (χ3n) is 2.66. The molecule has 4 nitrogen and oxygen atoms in total. The second-order valence-corrected chi connectivity index (χ2v) is 4.76. The molecule has 1 unspecified atom stereocenters. The third-order valence-corrected chi connectivity index (χ3v) is 3.58. The Labute approximate surface area is 131 Å². The Balaban J connectivity index is 0.00000162. The Morgan fingerprint density at radius 2 is 1.89 bits per heavy atom. The van der Waals surface area contributed by atoms with Crippen LogP contribution in [-0.2, 0) is 17.6 Å². The number of benzene rings is 1. The second kappa shape index (κ2) is 6.63. The zero-order chi connectivity index (χ0) is 12.4.